The van der Waals surface area contributed by atoms with Crippen LogP contribution in [0.3, 0.4) is 0 Å². The fourth-order valence-electron chi connectivity index (χ4n) is 11.1. The molecular formula is C56H48N2Si. The van der Waals surface area contributed by atoms with Gasteiger partial charge in [-0.2, -0.15) is 0 Å². The molecule has 8 aromatic carbocycles. The lowest BCUT2D eigenvalue weighted by Crippen LogP contribution is -2.72. The Bertz CT molecular complexity index is 2780. The molecule has 2 nitrogen and oxygen atoms in total. The largest absolute Gasteiger partial charge is 0.310 e. The Morgan fingerprint density at radius 3 is 1.17 bits per heavy atom. The first kappa shape index (κ1) is 35.7. The zero-order chi connectivity index (χ0) is 40.3. The molecule has 8 aromatic rings. The maximum atomic E-state index is 2.55. The van der Waals surface area contributed by atoms with Crippen LogP contribution in [0, 0.1) is 13.8 Å². The third kappa shape index (κ3) is 4.86. The van der Waals surface area contributed by atoms with E-state index in [1.807, 2.05) is 0 Å². The second-order valence-corrected chi connectivity index (χ2v) is 21.6. The minimum atomic E-state index is -2.76. The van der Waals surface area contributed by atoms with Crippen LogP contribution in [-0.4, -0.2) is 8.07 Å². The highest BCUT2D eigenvalue weighted by Crippen LogP contribution is 2.55. The van der Waals surface area contributed by atoms with E-state index in [0.717, 1.165) is 0 Å². The number of aryl methyl sites for hydroxylation is 2. The Kier molecular flexibility index (Phi) is 7.74. The van der Waals surface area contributed by atoms with Gasteiger partial charge in [-0.3, -0.25) is 0 Å². The van der Waals surface area contributed by atoms with Crippen molar-refractivity contribution in [1.82, 2.24) is 0 Å². The predicted molar refractivity (Wildman–Crippen MR) is 252 cm³/mol. The normalized spacial score (nSPS) is 16.0. The van der Waals surface area contributed by atoms with Crippen molar-refractivity contribution in [3.8, 4) is 11.1 Å². The lowest BCUT2D eigenvalue weighted by atomic mass is 9.73. The average molecular weight is 777 g/mol. The van der Waals surface area contributed by atoms with Gasteiger partial charge in [0.05, 0.1) is 22.7 Å². The molecule has 11 rings (SSSR count). The van der Waals surface area contributed by atoms with Gasteiger partial charge in [0.1, 0.15) is 0 Å². The van der Waals surface area contributed by atoms with E-state index in [0.29, 0.717) is 0 Å². The maximum Gasteiger partial charge on any atom is 0.180 e. The first-order chi connectivity index (χ1) is 28.6. The smallest absolute Gasteiger partial charge is 0.180 e. The van der Waals surface area contributed by atoms with Crippen LogP contribution in [0.2, 0.25) is 0 Å². The quantitative estimate of drug-likeness (QED) is 0.164. The molecule has 59 heavy (non-hydrogen) atoms. The van der Waals surface area contributed by atoms with Crippen molar-refractivity contribution in [2.24, 2.45) is 0 Å². The van der Waals surface area contributed by atoms with E-state index < -0.39 is 8.07 Å². The van der Waals surface area contributed by atoms with Crippen molar-refractivity contribution in [2.45, 2.75) is 52.4 Å². The Hall–Kier alpha value is -6.42. The molecule has 0 saturated heterocycles. The molecule has 0 spiro atoms. The fourth-order valence-corrected chi connectivity index (χ4v) is 16.3. The van der Waals surface area contributed by atoms with Gasteiger partial charge in [0.2, 0.25) is 0 Å². The molecular weight excluding hydrogens is 729 g/mol. The van der Waals surface area contributed by atoms with Crippen molar-refractivity contribution in [3.63, 3.8) is 0 Å². The van der Waals surface area contributed by atoms with E-state index in [-0.39, 0.29) is 10.8 Å². The van der Waals surface area contributed by atoms with Crippen molar-refractivity contribution in [1.29, 1.82) is 0 Å². The van der Waals surface area contributed by atoms with Crippen molar-refractivity contribution in [2.75, 3.05) is 9.80 Å². The molecule has 3 aliphatic rings. The summed E-state index contributed by atoms with van der Waals surface area (Å²) in [5.74, 6) is 0. The van der Waals surface area contributed by atoms with Crippen LogP contribution in [0.5, 0.6) is 0 Å². The molecule has 286 valence electrons. The minimum Gasteiger partial charge on any atom is -0.310 e. The Labute approximate surface area is 350 Å². The number of fused-ring (bicyclic) bond motifs is 7. The zero-order valence-corrected chi connectivity index (χ0v) is 35.7. The maximum absolute atomic E-state index is 2.76. The summed E-state index contributed by atoms with van der Waals surface area (Å²) in [6.45, 7) is 14.0. The Morgan fingerprint density at radius 1 is 0.373 bits per heavy atom. The highest BCUT2D eigenvalue weighted by atomic mass is 28.3. The number of rotatable bonds is 4. The van der Waals surface area contributed by atoms with E-state index in [9.17, 15) is 0 Å². The van der Waals surface area contributed by atoms with Crippen molar-refractivity contribution < 1.29 is 0 Å². The van der Waals surface area contributed by atoms with Crippen LogP contribution in [0.1, 0.15) is 61.1 Å². The van der Waals surface area contributed by atoms with Gasteiger partial charge in [0, 0.05) is 22.2 Å². The van der Waals surface area contributed by atoms with E-state index in [1.165, 1.54) is 99.4 Å². The molecule has 0 unspecified atom stereocenters. The summed E-state index contributed by atoms with van der Waals surface area (Å²) >= 11 is 0. The monoisotopic (exact) mass is 776 g/mol. The Balaban J connectivity index is 1.22. The molecule has 0 N–H and O–H groups in total. The summed E-state index contributed by atoms with van der Waals surface area (Å²) < 4.78 is 0. The summed E-state index contributed by atoms with van der Waals surface area (Å²) in [6, 6.07) is 69.3. The topological polar surface area (TPSA) is 6.48 Å². The molecule has 0 amide bonds. The second kappa shape index (κ2) is 12.8. The van der Waals surface area contributed by atoms with Gasteiger partial charge in [0.25, 0.3) is 0 Å². The van der Waals surface area contributed by atoms with Gasteiger partial charge >= 0.3 is 0 Å². The third-order valence-corrected chi connectivity index (χ3v) is 18.8. The van der Waals surface area contributed by atoms with Crippen LogP contribution < -0.4 is 30.5 Å². The zero-order valence-electron chi connectivity index (χ0n) is 34.7. The summed E-state index contributed by atoms with van der Waals surface area (Å²) in [4.78, 5) is 5.09. The highest BCUT2D eigenvalue weighted by Gasteiger charge is 2.50. The molecule has 3 heteroatoms. The first-order valence-corrected chi connectivity index (χ1v) is 23.0. The van der Waals surface area contributed by atoms with E-state index in [2.05, 4.69) is 233 Å². The standard InChI is InChI=1S/C56H48N2Si/c1-37-19-17-27-47-53(37)57(49-29-15-13-25-45(49)55(47,3)4)39-31-33-51-43(35-39)44-36-40(32-34-52(44)59(51,41-21-9-7-10-22-41)42-23-11-8-12-24-42)58-50-30-16-14-26-46(50)56(5,6)48-28-18-20-38(2)54(48)58/h7-36H,1-6H3. The lowest BCUT2D eigenvalue weighted by molar-refractivity contribution is 0.631. The molecule has 0 atom stereocenters. The summed E-state index contributed by atoms with van der Waals surface area (Å²) in [5, 5.41) is 5.70. The van der Waals surface area contributed by atoms with Crippen molar-refractivity contribution >= 4 is 62.9 Å². The second-order valence-electron chi connectivity index (χ2n) is 17.8. The SMILES string of the molecule is Cc1cccc2c1N(c1ccc3c(c1)-c1cc(N4c5ccccc5C(C)(C)c5cccc(C)c54)ccc1[Si]3(c1ccccc1)c1ccccc1)c1ccccc1C2(C)C. The average Bonchev–Trinajstić information content (AvgIpc) is 3.55. The molecule has 0 aliphatic carbocycles. The summed E-state index contributed by atoms with van der Waals surface area (Å²) in [7, 11) is -2.76. The number of anilines is 6. The van der Waals surface area contributed by atoms with Crippen LogP contribution in [0.15, 0.2) is 182 Å². The molecule has 3 heterocycles. The van der Waals surface area contributed by atoms with Gasteiger partial charge in [-0.1, -0.05) is 173 Å². The predicted octanol–water partition coefficient (Wildman–Crippen LogP) is 11.9. The van der Waals surface area contributed by atoms with Crippen LogP contribution in [0.4, 0.5) is 34.1 Å². The number of hydrogen-bond acceptors (Lipinski definition) is 2. The molecule has 0 saturated carbocycles. The van der Waals surface area contributed by atoms with Gasteiger partial charge in [-0.15, -0.1) is 0 Å². The van der Waals surface area contributed by atoms with Crippen molar-refractivity contribution in [3.05, 3.63) is 215 Å². The fraction of sp³-hybridized carbons (Fsp3) is 0.143. The van der Waals surface area contributed by atoms with E-state index in [4.69, 9.17) is 0 Å². The Morgan fingerprint density at radius 2 is 0.746 bits per heavy atom. The van der Waals surface area contributed by atoms with Crippen LogP contribution in [-0.2, 0) is 10.8 Å². The molecule has 0 radical (unpaired) electrons. The molecule has 0 bridgehead atoms. The number of para-hydroxylation sites is 4. The van der Waals surface area contributed by atoms with E-state index in [1.54, 1.807) is 0 Å². The molecule has 0 fully saturated rings. The summed E-state index contributed by atoms with van der Waals surface area (Å²) in [5.41, 5.74) is 17.8. The molecule has 0 aromatic heterocycles. The van der Waals surface area contributed by atoms with Crippen LogP contribution >= 0.6 is 0 Å². The number of nitrogens with zero attached hydrogens (tertiary/aromatic N) is 2. The van der Waals surface area contributed by atoms with Gasteiger partial charge < -0.3 is 9.80 Å². The first-order valence-electron chi connectivity index (χ1n) is 21.0. The number of benzene rings is 8. The number of hydrogen-bond donors (Lipinski definition) is 0. The van der Waals surface area contributed by atoms with E-state index >= 15 is 0 Å². The highest BCUT2D eigenvalue weighted by molar-refractivity contribution is 7.22. The van der Waals surface area contributed by atoms with Gasteiger partial charge in [0.15, 0.2) is 8.07 Å². The lowest BCUT2D eigenvalue weighted by Gasteiger charge is -2.43. The van der Waals surface area contributed by atoms with Gasteiger partial charge in [-0.25, -0.2) is 0 Å². The van der Waals surface area contributed by atoms with Crippen LogP contribution in [0.25, 0.3) is 11.1 Å². The summed E-state index contributed by atoms with van der Waals surface area (Å²) in [6.07, 6.45) is 0. The molecule has 3 aliphatic heterocycles. The third-order valence-electron chi connectivity index (χ3n) is 13.9. The minimum absolute atomic E-state index is 0.136. The van der Waals surface area contributed by atoms with Gasteiger partial charge in [-0.05, 0) is 116 Å².